The number of β-amino-alcohol motifs (C(OH)–C–C–N with tert-alkyl or cyclic N) is 1. The lowest BCUT2D eigenvalue weighted by Crippen LogP contribution is -2.38. The molecule has 0 unspecified atom stereocenters. The summed E-state index contributed by atoms with van der Waals surface area (Å²) in [6.45, 7) is 1.53. The van der Waals surface area contributed by atoms with Gasteiger partial charge in [-0.2, -0.15) is 5.26 Å². The number of aliphatic hydroxyl groups excluding tert-OH is 1. The number of aliphatic hydroxyl groups is 1. The monoisotopic (exact) mass is 217 g/mol. The summed E-state index contributed by atoms with van der Waals surface area (Å²) in [7, 11) is 0. The number of hydrogen-bond acceptors (Lipinski definition) is 4. The first-order chi connectivity index (χ1) is 7.70. The molecule has 1 aliphatic rings. The molecule has 1 saturated heterocycles. The van der Waals surface area contributed by atoms with Gasteiger partial charge in [0.2, 0.25) is 0 Å². The maximum Gasteiger partial charge on any atom is 0.0992 e. The highest BCUT2D eigenvalue weighted by Crippen LogP contribution is 2.27. The van der Waals surface area contributed by atoms with Crippen LogP contribution in [0.25, 0.3) is 0 Å². The molecule has 1 heterocycles. The molecule has 0 saturated carbocycles. The number of anilines is 2. The molecule has 1 aromatic rings. The van der Waals surface area contributed by atoms with Crippen LogP contribution < -0.4 is 10.6 Å². The van der Waals surface area contributed by atoms with Crippen LogP contribution in [0.1, 0.15) is 18.4 Å². The summed E-state index contributed by atoms with van der Waals surface area (Å²) in [6.07, 6.45) is 1.55. The van der Waals surface area contributed by atoms with E-state index < -0.39 is 0 Å². The second-order valence-electron chi connectivity index (χ2n) is 4.13. The zero-order valence-corrected chi connectivity index (χ0v) is 9.06. The van der Waals surface area contributed by atoms with Gasteiger partial charge in [0.15, 0.2) is 0 Å². The fourth-order valence-corrected chi connectivity index (χ4v) is 2.09. The summed E-state index contributed by atoms with van der Waals surface area (Å²) in [5, 5.41) is 18.3. The van der Waals surface area contributed by atoms with Gasteiger partial charge in [-0.3, -0.25) is 0 Å². The topological polar surface area (TPSA) is 73.3 Å². The standard InChI is InChI=1S/C12H15N3O/c13-7-9-3-4-12(11(14)6-9)15-5-1-2-10(16)8-15/h3-4,6,10,16H,1-2,5,8,14H2/t10-/m1/s1. The van der Waals surface area contributed by atoms with Crippen LogP contribution in [-0.2, 0) is 0 Å². The number of hydrogen-bond donors (Lipinski definition) is 2. The van der Waals surface area contributed by atoms with Crippen molar-refractivity contribution in [2.45, 2.75) is 18.9 Å². The summed E-state index contributed by atoms with van der Waals surface area (Å²) >= 11 is 0. The van der Waals surface area contributed by atoms with Crippen LogP contribution in [-0.4, -0.2) is 24.3 Å². The highest BCUT2D eigenvalue weighted by atomic mass is 16.3. The lowest BCUT2D eigenvalue weighted by molar-refractivity contribution is 0.154. The molecule has 4 nitrogen and oxygen atoms in total. The molecule has 1 fully saturated rings. The van der Waals surface area contributed by atoms with Crippen LogP contribution in [0, 0.1) is 11.3 Å². The molecule has 0 aliphatic carbocycles. The third-order valence-electron chi connectivity index (χ3n) is 2.89. The lowest BCUT2D eigenvalue weighted by atomic mass is 10.1. The van der Waals surface area contributed by atoms with Crippen molar-refractivity contribution in [3.63, 3.8) is 0 Å². The molecule has 0 amide bonds. The van der Waals surface area contributed by atoms with Crippen molar-refractivity contribution in [1.29, 1.82) is 5.26 Å². The number of piperidine rings is 1. The highest BCUT2D eigenvalue weighted by Gasteiger charge is 2.19. The first-order valence-electron chi connectivity index (χ1n) is 5.43. The Kier molecular flexibility index (Phi) is 2.97. The van der Waals surface area contributed by atoms with E-state index >= 15 is 0 Å². The fraction of sp³-hybridized carbons (Fsp3) is 0.417. The second kappa shape index (κ2) is 4.42. The van der Waals surface area contributed by atoms with Gasteiger partial charge in [-0.15, -0.1) is 0 Å². The van der Waals surface area contributed by atoms with E-state index in [2.05, 4.69) is 11.0 Å². The molecule has 0 bridgehead atoms. The van der Waals surface area contributed by atoms with E-state index in [0.717, 1.165) is 25.1 Å². The zero-order chi connectivity index (χ0) is 11.5. The molecule has 16 heavy (non-hydrogen) atoms. The number of nitrogens with zero attached hydrogens (tertiary/aromatic N) is 2. The van der Waals surface area contributed by atoms with E-state index in [4.69, 9.17) is 11.0 Å². The third-order valence-corrected chi connectivity index (χ3v) is 2.89. The maximum atomic E-state index is 9.60. The number of nitriles is 1. The quantitative estimate of drug-likeness (QED) is 0.691. The van der Waals surface area contributed by atoms with Gasteiger partial charge < -0.3 is 15.7 Å². The summed E-state index contributed by atoms with van der Waals surface area (Å²) in [6, 6.07) is 7.35. The Morgan fingerprint density at radius 2 is 2.31 bits per heavy atom. The van der Waals surface area contributed by atoms with Crippen LogP contribution >= 0.6 is 0 Å². The average Bonchev–Trinajstić information content (AvgIpc) is 2.28. The van der Waals surface area contributed by atoms with Crippen LogP contribution in [0.15, 0.2) is 18.2 Å². The van der Waals surface area contributed by atoms with E-state index in [0.29, 0.717) is 17.8 Å². The van der Waals surface area contributed by atoms with Gasteiger partial charge >= 0.3 is 0 Å². The molecule has 1 atom stereocenters. The Balaban J connectivity index is 2.23. The smallest absolute Gasteiger partial charge is 0.0992 e. The largest absolute Gasteiger partial charge is 0.397 e. The minimum atomic E-state index is -0.274. The normalized spacial score (nSPS) is 20.5. The molecule has 1 aliphatic heterocycles. The number of benzene rings is 1. The zero-order valence-electron chi connectivity index (χ0n) is 9.06. The van der Waals surface area contributed by atoms with Crippen LogP contribution in [0.5, 0.6) is 0 Å². The summed E-state index contributed by atoms with van der Waals surface area (Å²) in [5.41, 5.74) is 7.99. The number of rotatable bonds is 1. The molecule has 0 radical (unpaired) electrons. The predicted octanol–water partition coefficient (Wildman–Crippen LogP) is 1.10. The Morgan fingerprint density at radius 1 is 1.50 bits per heavy atom. The van der Waals surface area contributed by atoms with Gasteiger partial charge in [0, 0.05) is 13.1 Å². The first-order valence-corrected chi connectivity index (χ1v) is 5.43. The van der Waals surface area contributed by atoms with Crippen molar-refractivity contribution in [2.75, 3.05) is 23.7 Å². The maximum absolute atomic E-state index is 9.60. The molecule has 2 rings (SSSR count). The Bertz CT molecular complexity index is 425. The first kappa shape index (κ1) is 10.8. The molecule has 1 aromatic carbocycles. The molecule has 3 N–H and O–H groups in total. The molecule has 4 heteroatoms. The average molecular weight is 217 g/mol. The Hall–Kier alpha value is -1.73. The van der Waals surface area contributed by atoms with E-state index in [-0.39, 0.29) is 6.10 Å². The van der Waals surface area contributed by atoms with Gasteiger partial charge in [-0.05, 0) is 31.0 Å². The minimum absolute atomic E-state index is 0.274. The lowest BCUT2D eigenvalue weighted by Gasteiger charge is -2.32. The minimum Gasteiger partial charge on any atom is -0.397 e. The van der Waals surface area contributed by atoms with Crippen molar-refractivity contribution in [2.24, 2.45) is 0 Å². The summed E-state index contributed by atoms with van der Waals surface area (Å²) in [4.78, 5) is 2.07. The highest BCUT2D eigenvalue weighted by molar-refractivity contribution is 5.69. The molecular formula is C12H15N3O. The van der Waals surface area contributed by atoms with Crippen LogP contribution in [0.2, 0.25) is 0 Å². The SMILES string of the molecule is N#Cc1ccc(N2CCC[C@@H](O)C2)c(N)c1. The molecule has 84 valence electrons. The second-order valence-corrected chi connectivity index (χ2v) is 4.13. The van der Waals surface area contributed by atoms with E-state index in [9.17, 15) is 5.11 Å². The van der Waals surface area contributed by atoms with Crippen molar-refractivity contribution in [3.05, 3.63) is 23.8 Å². The Morgan fingerprint density at radius 3 is 2.94 bits per heavy atom. The third kappa shape index (κ3) is 2.10. The van der Waals surface area contributed by atoms with Crippen LogP contribution in [0.4, 0.5) is 11.4 Å². The molecule has 0 aromatic heterocycles. The van der Waals surface area contributed by atoms with Crippen molar-refractivity contribution < 1.29 is 5.11 Å². The van der Waals surface area contributed by atoms with Gasteiger partial charge in [-0.25, -0.2) is 0 Å². The van der Waals surface area contributed by atoms with Gasteiger partial charge in [0.05, 0.1) is 29.1 Å². The van der Waals surface area contributed by atoms with Gasteiger partial charge in [0.25, 0.3) is 0 Å². The van der Waals surface area contributed by atoms with Crippen molar-refractivity contribution >= 4 is 11.4 Å². The number of nitrogens with two attached hydrogens (primary N) is 1. The van der Waals surface area contributed by atoms with E-state index in [1.54, 1.807) is 12.1 Å². The van der Waals surface area contributed by atoms with Gasteiger partial charge in [0.1, 0.15) is 0 Å². The summed E-state index contributed by atoms with van der Waals surface area (Å²) < 4.78 is 0. The van der Waals surface area contributed by atoms with Crippen molar-refractivity contribution in [1.82, 2.24) is 0 Å². The Labute approximate surface area is 94.9 Å². The van der Waals surface area contributed by atoms with E-state index in [1.165, 1.54) is 0 Å². The molecule has 0 spiro atoms. The summed E-state index contributed by atoms with van der Waals surface area (Å²) in [5.74, 6) is 0. The van der Waals surface area contributed by atoms with E-state index in [1.807, 2.05) is 6.07 Å². The van der Waals surface area contributed by atoms with Gasteiger partial charge in [-0.1, -0.05) is 0 Å². The van der Waals surface area contributed by atoms with Crippen LogP contribution in [0.3, 0.4) is 0 Å². The van der Waals surface area contributed by atoms with Crippen molar-refractivity contribution in [3.8, 4) is 6.07 Å². The number of nitrogen functional groups attached to an aromatic ring is 1. The molecular weight excluding hydrogens is 202 g/mol. The fourth-order valence-electron chi connectivity index (χ4n) is 2.09. The predicted molar refractivity (Wildman–Crippen MR) is 63.0 cm³/mol.